The second-order valence-corrected chi connectivity index (χ2v) is 7.05. The molecule has 1 aliphatic carbocycles. The molecule has 2 rings (SSSR count). The van der Waals surface area contributed by atoms with Crippen molar-refractivity contribution in [1.82, 2.24) is 5.32 Å². The van der Waals surface area contributed by atoms with Crippen LogP contribution in [0.4, 0.5) is 5.69 Å². The molecule has 1 unspecified atom stereocenters. The number of anilines is 1. The third-order valence-corrected chi connectivity index (χ3v) is 4.66. The van der Waals surface area contributed by atoms with Gasteiger partial charge in [-0.3, -0.25) is 4.79 Å². The number of hydrogen-bond donors (Lipinski definition) is 2. The molecule has 0 radical (unpaired) electrons. The Morgan fingerprint density at radius 3 is 2.71 bits per heavy atom. The van der Waals surface area contributed by atoms with Gasteiger partial charge in [0.15, 0.2) is 0 Å². The summed E-state index contributed by atoms with van der Waals surface area (Å²) in [5, 5.41) is 6.35. The maximum atomic E-state index is 11.8. The molecule has 0 bridgehead atoms. The Balaban J connectivity index is 2.10. The van der Waals surface area contributed by atoms with Crippen molar-refractivity contribution in [2.24, 2.45) is 5.41 Å². The van der Waals surface area contributed by atoms with E-state index >= 15 is 0 Å². The number of aryl methyl sites for hydroxylation is 1. The van der Waals surface area contributed by atoms with Crippen LogP contribution in [-0.4, -0.2) is 19.0 Å². The molecule has 1 aromatic carbocycles. The number of nitrogens with one attached hydrogen (secondary N) is 2. The van der Waals surface area contributed by atoms with Crippen molar-refractivity contribution >= 4 is 11.6 Å². The predicted octanol–water partition coefficient (Wildman–Crippen LogP) is 4.13. The van der Waals surface area contributed by atoms with Crippen molar-refractivity contribution < 1.29 is 4.79 Å². The van der Waals surface area contributed by atoms with Gasteiger partial charge in [0.1, 0.15) is 0 Å². The van der Waals surface area contributed by atoms with Crippen molar-refractivity contribution in [2.45, 2.75) is 58.9 Å². The summed E-state index contributed by atoms with van der Waals surface area (Å²) >= 11 is 0. The van der Waals surface area contributed by atoms with Crippen molar-refractivity contribution in [3.05, 3.63) is 29.3 Å². The summed E-state index contributed by atoms with van der Waals surface area (Å²) in [6, 6.07) is 6.40. The summed E-state index contributed by atoms with van der Waals surface area (Å²) in [4.78, 5) is 11.8. The molecule has 2 N–H and O–H groups in total. The predicted molar refractivity (Wildman–Crippen MR) is 88.8 cm³/mol. The highest BCUT2D eigenvalue weighted by atomic mass is 16.1. The van der Waals surface area contributed by atoms with Crippen LogP contribution in [0.25, 0.3) is 0 Å². The zero-order chi connectivity index (χ0) is 15.5. The van der Waals surface area contributed by atoms with Crippen LogP contribution >= 0.6 is 0 Å². The Hall–Kier alpha value is -1.51. The number of benzene rings is 1. The molecule has 3 heteroatoms. The summed E-state index contributed by atoms with van der Waals surface area (Å²) in [7, 11) is 1.67. The highest BCUT2D eigenvalue weighted by molar-refractivity contribution is 5.95. The van der Waals surface area contributed by atoms with Crippen LogP contribution in [0.2, 0.25) is 0 Å². The number of hydrogen-bond acceptors (Lipinski definition) is 2. The van der Waals surface area contributed by atoms with Gasteiger partial charge >= 0.3 is 0 Å². The van der Waals surface area contributed by atoms with E-state index in [9.17, 15) is 4.79 Å². The van der Waals surface area contributed by atoms with Crippen LogP contribution in [0.1, 0.15) is 61.9 Å². The van der Waals surface area contributed by atoms with Gasteiger partial charge in [0.25, 0.3) is 5.91 Å². The van der Waals surface area contributed by atoms with Crippen LogP contribution in [0.15, 0.2) is 18.2 Å². The fraction of sp³-hybridized carbons (Fsp3) is 0.611. The van der Waals surface area contributed by atoms with Crippen LogP contribution in [0, 0.1) is 12.3 Å². The molecule has 3 nitrogen and oxygen atoms in total. The Morgan fingerprint density at radius 1 is 1.24 bits per heavy atom. The average Bonchev–Trinajstić information content (AvgIpc) is 2.61. The second-order valence-electron chi connectivity index (χ2n) is 7.05. The van der Waals surface area contributed by atoms with Gasteiger partial charge in [0.05, 0.1) is 0 Å². The Bertz CT molecular complexity index is 508. The molecule has 1 aliphatic rings. The topological polar surface area (TPSA) is 41.1 Å². The number of carbonyl (C=O) groups is 1. The van der Waals surface area contributed by atoms with E-state index in [1.807, 2.05) is 18.2 Å². The number of carbonyl (C=O) groups excluding carboxylic acids is 1. The van der Waals surface area contributed by atoms with Crippen molar-refractivity contribution in [2.75, 3.05) is 12.4 Å². The summed E-state index contributed by atoms with van der Waals surface area (Å²) < 4.78 is 0. The summed E-state index contributed by atoms with van der Waals surface area (Å²) in [6.07, 6.45) is 6.27. The fourth-order valence-electron chi connectivity index (χ4n) is 3.09. The Labute approximate surface area is 128 Å². The lowest BCUT2D eigenvalue weighted by atomic mass is 9.85. The van der Waals surface area contributed by atoms with Crippen molar-refractivity contribution in [3.8, 4) is 0 Å². The lowest BCUT2D eigenvalue weighted by Gasteiger charge is -2.23. The van der Waals surface area contributed by atoms with E-state index in [4.69, 9.17) is 0 Å². The summed E-state index contributed by atoms with van der Waals surface area (Å²) in [5.74, 6) is -0.0277. The molecule has 116 valence electrons. The molecule has 0 saturated heterocycles. The molecule has 0 heterocycles. The van der Waals surface area contributed by atoms with Crippen LogP contribution in [-0.2, 0) is 0 Å². The van der Waals surface area contributed by atoms with E-state index in [0.29, 0.717) is 11.5 Å². The van der Waals surface area contributed by atoms with E-state index in [0.717, 1.165) is 11.3 Å². The smallest absolute Gasteiger partial charge is 0.251 e. The SMILES string of the molecule is CNC(=O)c1ccc(C)c(NC2CCCC(C)(C)CC2)c1. The minimum absolute atomic E-state index is 0.0277. The Morgan fingerprint density at radius 2 is 2.00 bits per heavy atom. The lowest BCUT2D eigenvalue weighted by Crippen LogP contribution is -2.21. The highest BCUT2D eigenvalue weighted by Gasteiger charge is 2.24. The lowest BCUT2D eigenvalue weighted by molar-refractivity contribution is 0.0963. The maximum Gasteiger partial charge on any atom is 0.251 e. The molecule has 21 heavy (non-hydrogen) atoms. The van der Waals surface area contributed by atoms with E-state index in [2.05, 4.69) is 31.4 Å². The van der Waals surface area contributed by atoms with Gasteiger partial charge in [-0.15, -0.1) is 0 Å². The van der Waals surface area contributed by atoms with Gasteiger partial charge in [-0.1, -0.05) is 26.3 Å². The van der Waals surface area contributed by atoms with Crippen molar-refractivity contribution in [1.29, 1.82) is 0 Å². The Kier molecular flexibility index (Phi) is 4.92. The first kappa shape index (κ1) is 15.9. The first-order valence-electron chi connectivity index (χ1n) is 8.00. The van der Waals surface area contributed by atoms with Gasteiger partial charge in [0, 0.05) is 24.3 Å². The standard InChI is InChI=1S/C18H28N2O/c1-13-7-8-14(17(21)19-4)12-16(13)20-15-6-5-10-18(2,3)11-9-15/h7-8,12,15,20H,5-6,9-11H2,1-4H3,(H,19,21). The fourth-order valence-corrected chi connectivity index (χ4v) is 3.09. The van der Waals surface area contributed by atoms with Gasteiger partial charge < -0.3 is 10.6 Å². The van der Waals surface area contributed by atoms with Crippen LogP contribution in [0.3, 0.4) is 0 Å². The average molecular weight is 288 g/mol. The minimum Gasteiger partial charge on any atom is -0.382 e. The largest absolute Gasteiger partial charge is 0.382 e. The molecule has 0 aliphatic heterocycles. The normalized spacial score (nSPS) is 21.4. The third-order valence-electron chi connectivity index (χ3n) is 4.66. The van der Waals surface area contributed by atoms with E-state index in [1.54, 1.807) is 7.05 Å². The van der Waals surface area contributed by atoms with Gasteiger partial charge in [-0.2, -0.15) is 0 Å². The quantitative estimate of drug-likeness (QED) is 0.821. The summed E-state index contributed by atoms with van der Waals surface area (Å²) in [5.41, 5.74) is 3.49. The first-order chi connectivity index (χ1) is 9.91. The monoisotopic (exact) mass is 288 g/mol. The van der Waals surface area contributed by atoms with Crippen molar-refractivity contribution in [3.63, 3.8) is 0 Å². The zero-order valence-corrected chi connectivity index (χ0v) is 13.8. The zero-order valence-electron chi connectivity index (χ0n) is 13.8. The molecule has 1 fully saturated rings. The van der Waals surface area contributed by atoms with Gasteiger partial charge in [-0.05, 0) is 55.7 Å². The maximum absolute atomic E-state index is 11.8. The van der Waals surface area contributed by atoms with Crippen LogP contribution in [0.5, 0.6) is 0 Å². The highest BCUT2D eigenvalue weighted by Crippen LogP contribution is 2.35. The van der Waals surface area contributed by atoms with E-state index in [1.165, 1.54) is 37.7 Å². The second kappa shape index (κ2) is 6.50. The first-order valence-corrected chi connectivity index (χ1v) is 8.00. The van der Waals surface area contributed by atoms with E-state index in [-0.39, 0.29) is 5.91 Å². The molecule has 0 spiro atoms. The molecule has 1 aromatic rings. The summed E-state index contributed by atoms with van der Waals surface area (Å²) in [6.45, 7) is 6.83. The van der Waals surface area contributed by atoms with Gasteiger partial charge in [-0.25, -0.2) is 0 Å². The molecule has 1 amide bonds. The molecular weight excluding hydrogens is 260 g/mol. The molecular formula is C18H28N2O. The van der Waals surface area contributed by atoms with Crippen LogP contribution < -0.4 is 10.6 Å². The minimum atomic E-state index is -0.0277. The molecule has 1 saturated carbocycles. The molecule has 1 atom stereocenters. The third kappa shape index (κ3) is 4.23. The van der Waals surface area contributed by atoms with Gasteiger partial charge in [0.2, 0.25) is 0 Å². The molecule has 0 aromatic heterocycles. The number of amides is 1. The van der Waals surface area contributed by atoms with E-state index < -0.39 is 0 Å². The number of rotatable bonds is 3.